The normalized spacial score (nSPS) is 10.9. The summed E-state index contributed by atoms with van der Waals surface area (Å²) in [4.78, 5) is 11.8. The molecule has 1 amide bonds. The second-order valence-corrected chi connectivity index (χ2v) is 5.41. The Hall–Kier alpha value is -2.49. The van der Waals surface area contributed by atoms with Crippen LogP contribution in [0.4, 0.5) is 4.39 Å². The van der Waals surface area contributed by atoms with E-state index in [4.69, 9.17) is 0 Å². The van der Waals surface area contributed by atoms with Crippen LogP contribution in [0.1, 0.15) is 27.8 Å². The average molecular weight is 298 g/mol. The first kappa shape index (κ1) is 15.9. The van der Waals surface area contributed by atoms with E-state index in [9.17, 15) is 9.18 Å². The lowest BCUT2D eigenvalue weighted by Gasteiger charge is -2.06. The topological polar surface area (TPSA) is 41.5 Å². The van der Waals surface area contributed by atoms with Crippen molar-refractivity contribution >= 4 is 12.1 Å². The van der Waals surface area contributed by atoms with Gasteiger partial charge in [0.25, 0.3) is 0 Å². The molecule has 2 rings (SSSR count). The lowest BCUT2D eigenvalue weighted by molar-refractivity contribution is -0.120. The van der Waals surface area contributed by atoms with Gasteiger partial charge < -0.3 is 0 Å². The summed E-state index contributed by atoms with van der Waals surface area (Å²) in [5.74, 6) is -0.544. The number of hydrogen-bond acceptors (Lipinski definition) is 2. The minimum atomic E-state index is -0.312. The fourth-order valence-corrected chi connectivity index (χ4v) is 2.39. The first-order valence-electron chi connectivity index (χ1n) is 7.10. The van der Waals surface area contributed by atoms with Crippen molar-refractivity contribution in [3.05, 3.63) is 70.0 Å². The van der Waals surface area contributed by atoms with Crippen LogP contribution in [-0.2, 0) is 11.2 Å². The first-order chi connectivity index (χ1) is 10.5. The zero-order valence-corrected chi connectivity index (χ0v) is 13.0. The van der Waals surface area contributed by atoms with Gasteiger partial charge in [-0.05, 0) is 49.6 Å². The average Bonchev–Trinajstić information content (AvgIpc) is 2.44. The summed E-state index contributed by atoms with van der Waals surface area (Å²) >= 11 is 0. The lowest BCUT2D eigenvalue weighted by atomic mass is 10.0. The van der Waals surface area contributed by atoms with Crippen LogP contribution < -0.4 is 5.43 Å². The maximum absolute atomic E-state index is 12.8. The third-order valence-electron chi connectivity index (χ3n) is 3.40. The van der Waals surface area contributed by atoms with E-state index >= 15 is 0 Å². The minimum Gasteiger partial charge on any atom is -0.273 e. The monoisotopic (exact) mass is 298 g/mol. The van der Waals surface area contributed by atoms with Crippen LogP contribution in [0.15, 0.2) is 41.5 Å². The number of carbonyl (C=O) groups excluding carboxylic acids is 1. The van der Waals surface area contributed by atoms with Gasteiger partial charge in [-0.15, -0.1) is 0 Å². The molecule has 0 fully saturated rings. The molecule has 0 aromatic heterocycles. The summed E-state index contributed by atoms with van der Waals surface area (Å²) < 4.78 is 12.8. The summed E-state index contributed by atoms with van der Waals surface area (Å²) in [5, 5.41) is 4.01. The smallest absolute Gasteiger partial charge is 0.244 e. The molecular formula is C18H19FN2O. The van der Waals surface area contributed by atoms with Crippen LogP contribution in [0, 0.1) is 26.6 Å². The highest BCUT2D eigenvalue weighted by atomic mass is 19.1. The van der Waals surface area contributed by atoms with Crippen LogP contribution in [0.2, 0.25) is 0 Å². The molecule has 22 heavy (non-hydrogen) atoms. The molecule has 0 spiro atoms. The van der Waals surface area contributed by atoms with Gasteiger partial charge in [0.15, 0.2) is 0 Å². The summed E-state index contributed by atoms with van der Waals surface area (Å²) in [6.07, 6.45) is 1.83. The number of hydrogen-bond donors (Lipinski definition) is 1. The molecule has 1 N–H and O–H groups in total. The Morgan fingerprint density at radius 1 is 1.14 bits per heavy atom. The lowest BCUT2D eigenvalue weighted by Crippen LogP contribution is -2.19. The highest BCUT2D eigenvalue weighted by Gasteiger charge is 2.03. The van der Waals surface area contributed by atoms with Crippen LogP contribution in [0.5, 0.6) is 0 Å². The number of aryl methyl sites for hydroxylation is 3. The molecular weight excluding hydrogens is 279 g/mol. The molecule has 3 nitrogen and oxygen atoms in total. The van der Waals surface area contributed by atoms with Crippen LogP contribution >= 0.6 is 0 Å². The maximum atomic E-state index is 12.8. The Balaban J connectivity index is 1.97. The molecule has 2 aromatic carbocycles. The van der Waals surface area contributed by atoms with Crippen molar-refractivity contribution in [1.29, 1.82) is 0 Å². The fraction of sp³-hybridized carbons (Fsp3) is 0.222. The van der Waals surface area contributed by atoms with Gasteiger partial charge in [0.2, 0.25) is 5.91 Å². The number of nitrogens with one attached hydrogen (secondary N) is 1. The van der Waals surface area contributed by atoms with Crippen LogP contribution in [0.3, 0.4) is 0 Å². The Bertz CT molecular complexity index is 683. The molecule has 0 saturated heterocycles. The van der Waals surface area contributed by atoms with Crippen molar-refractivity contribution in [3.8, 4) is 0 Å². The first-order valence-corrected chi connectivity index (χ1v) is 7.10. The van der Waals surface area contributed by atoms with E-state index in [2.05, 4.69) is 22.7 Å². The van der Waals surface area contributed by atoms with Gasteiger partial charge in [0.05, 0.1) is 12.6 Å². The largest absolute Gasteiger partial charge is 0.273 e. The number of carbonyl (C=O) groups is 1. The van der Waals surface area contributed by atoms with Crippen molar-refractivity contribution in [2.75, 3.05) is 0 Å². The molecule has 0 unspecified atom stereocenters. The predicted octanol–water partition coefficient (Wildman–Crippen LogP) is 3.44. The predicted molar refractivity (Wildman–Crippen MR) is 86.5 cm³/mol. The molecule has 0 aliphatic rings. The molecule has 0 radical (unpaired) electrons. The molecule has 0 saturated carbocycles. The zero-order valence-electron chi connectivity index (χ0n) is 13.0. The molecule has 4 heteroatoms. The van der Waals surface area contributed by atoms with E-state index in [-0.39, 0.29) is 18.1 Å². The Kier molecular flexibility index (Phi) is 5.04. The summed E-state index contributed by atoms with van der Waals surface area (Å²) in [5.41, 5.74) is 7.69. The minimum absolute atomic E-state index is 0.170. The second-order valence-electron chi connectivity index (χ2n) is 5.41. The van der Waals surface area contributed by atoms with E-state index < -0.39 is 0 Å². The molecule has 0 bridgehead atoms. The van der Waals surface area contributed by atoms with E-state index in [1.165, 1.54) is 17.7 Å². The Morgan fingerprint density at radius 3 is 2.32 bits per heavy atom. The molecule has 0 heterocycles. The van der Waals surface area contributed by atoms with Crippen molar-refractivity contribution in [1.82, 2.24) is 5.43 Å². The third kappa shape index (κ3) is 4.25. The number of benzene rings is 2. The molecule has 0 aliphatic carbocycles. The van der Waals surface area contributed by atoms with Crippen molar-refractivity contribution < 1.29 is 9.18 Å². The standard InChI is InChI=1S/C18H19FN2O/c1-12-8-13(2)17(14(3)9-12)11-20-21-18(22)10-15-4-6-16(19)7-5-15/h4-9,11H,10H2,1-3H3,(H,21,22)/b20-11+. The molecule has 2 aromatic rings. The summed E-state index contributed by atoms with van der Waals surface area (Å²) in [7, 11) is 0. The fourth-order valence-electron chi connectivity index (χ4n) is 2.39. The van der Waals surface area contributed by atoms with Gasteiger partial charge in [0.1, 0.15) is 5.82 Å². The van der Waals surface area contributed by atoms with Gasteiger partial charge in [-0.2, -0.15) is 5.10 Å². The molecule has 0 aliphatic heterocycles. The van der Waals surface area contributed by atoms with Crippen LogP contribution in [0.25, 0.3) is 0 Å². The highest BCUT2D eigenvalue weighted by Crippen LogP contribution is 2.14. The number of rotatable bonds is 4. The number of nitrogens with zero attached hydrogens (tertiary/aromatic N) is 1. The summed E-state index contributed by atoms with van der Waals surface area (Å²) in [6, 6.07) is 10.0. The van der Waals surface area contributed by atoms with Gasteiger partial charge in [0, 0.05) is 5.56 Å². The third-order valence-corrected chi connectivity index (χ3v) is 3.40. The maximum Gasteiger partial charge on any atom is 0.244 e. The Labute approximate surface area is 129 Å². The number of amides is 1. The number of halogens is 1. The van der Waals surface area contributed by atoms with Crippen molar-refractivity contribution in [2.24, 2.45) is 5.10 Å². The highest BCUT2D eigenvalue weighted by molar-refractivity contribution is 5.86. The Morgan fingerprint density at radius 2 is 1.73 bits per heavy atom. The van der Waals surface area contributed by atoms with Crippen molar-refractivity contribution in [2.45, 2.75) is 27.2 Å². The SMILES string of the molecule is Cc1cc(C)c(/C=N/NC(=O)Cc2ccc(F)cc2)c(C)c1. The van der Waals surface area contributed by atoms with Gasteiger partial charge >= 0.3 is 0 Å². The molecule has 114 valence electrons. The van der Waals surface area contributed by atoms with Crippen LogP contribution in [-0.4, -0.2) is 12.1 Å². The number of hydrazone groups is 1. The van der Waals surface area contributed by atoms with E-state index in [0.29, 0.717) is 0 Å². The quantitative estimate of drug-likeness (QED) is 0.682. The molecule has 0 atom stereocenters. The van der Waals surface area contributed by atoms with E-state index in [1.807, 2.05) is 20.8 Å². The van der Waals surface area contributed by atoms with Gasteiger partial charge in [-0.3, -0.25) is 4.79 Å². The zero-order chi connectivity index (χ0) is 16.1. The van der Waals surface area contributed by atoms with E-state index in [0.717, 1.165) is 22.3 Å². The second kappa shape index (κ2) is 6.98. The summed E-state index contributed by atoms with van der Waals surface area (Å²) in [6.45, 7) is 6.08. The van der Waals surface area contributed by atoms with Gasteiger partial charge in [-0.1, -0.05) is 29.8 Å². The van der Waals surface area contributed by atoms with Crippen molar-refractivity contribution in [3.63, 3.8) is 0 Å². The van der Waals surface area contributed by atoms with Gasteiger partial charge in [-0.25, -0.2) is 9.82 Å². The van der Waals surface area contributed by atoms with E-state index in [1.54, 1.807) is 18.3 Å².